The summed E-state index contributed by atoms with van der Waals surface area (Å²) in [6, 6.07) is 24.3. The minimum Gasteiger partial charge on any atom is -0.273 e. The quantitative estimate of drug-likeness (QED) is 0.458. The van der Waals surface area contributed by atoms with Crippen molar-refractivity contribution in [2.24, 2.45) is 0 Å². The molecular weight excluding hydrogens is 426 g/mol. The van der Waals surface area contributed by atoms with Crippen LogP contribution >= 0.6 is 0 Å². The molecule has 0 saturated heterocycles. The topological polar surface area (TPSA) is 104 Å². The van der Waals surface area contributed by atoms with E-state index in [1.807, 2.05) is 67.6 Å². The lowest BCUT2D eigenvalue weighted by molar-refractivity contribution is -0.122. The van der Waals surface area contributed by atoms with Crippen molar-refractivity contribution in [2.75, 3.05) is 0 Å². The van der Waals surface area contributed by atoms with Crippen molar-refractivity contribution >= 4 is 21.8 Å². The Kier molecular flexibility index (Phi) is 7.75. The lowest BCUT2D eigenvalue weighted by Crippen LogP contribution is -2.42. The van der Waals surface area contributed by atoms with Gasteiger partial charge in [-0.2, -0.15) is 0 Å². The molecule has 3 N–H and O–H groups in total. The van der Waals surface area contributed by atoms with Crippen LogP contribution in [-0.2, 0) is 21.4 Å². The molecule has 0 bridgehead atoms. The second-order valence-corrected chi connectivity index (χ2v) is 9.12. The molecule has 166 valence electrons. The summed E-state index contributed by atoms with van der Waals surface area (Å²) in [5, 5.41) is 0. The molecule has 1 atom stereocenters. The molecule has 0 saturated carbocycles. The van der Waals surface area contributed by atoms with Gasteiger partial charge in [0.1, 0.15) is 0 Å². The highest BCUT2D eigenvalue weighted by Crippen LogP contribution is 2.18. The molecule has 1 unspecified atom stereocenters. The normalized spacial score (nSPS) is 12.0. The summed E-state index contributed by atoms with van der Waals surface area (Å²) in [4.78, 5) is 24.6. The van der Waals surface area contributed by atoms with Crippen molar-refractivity contribution in [1.29, 1.82) is 0 Å². The Balaban J connectivity index is 1.57. The average Bonchev–Trinajstić information content (AvgIpc) is 2.82. The molecule has 0 radical (unpaired) electrons. The molecule has 0 heterocycles. The van der Waals surface area contributed by atoms with Gasteiger partial charge in [0.25, 0.3) is 5.91 Å². The Morgan fingerprint density at radius 1 is 0.844 bits per heavy atom. The fourth-order valence-corrected chi connectivity index (χ4v) is 4.15. The van der Waals surface area contributed by atoms with E-state index in [0.29, 0.717) is 0 Å². The summed E-state index contributed by atoms with van der Waals surface area (Å²) in [5.41, 5.74) is 6.68. The van der Waals surface area contributed by atoms with E-state index in [-0.39, 0.29) is 35.2 Å². The summed E-state index contributed by atoms with van der Waals surface area (Å²) >= 11 is 0. The first-order chi connectivity index (χ1) is 15.3. The molecule has 32 heavy (non-hydrogen) atoms. The number of carbonyl (C=O) groups is 2. The molecule has 0 spiro atoms. The molecule has 0 aliphatic heterocycles. The summed E-state index contributed by atoms with van der Waals surface area (Å²) < 4.78 is 27.7. The van der Waals surface area contributed by atoms with Gasteiger partial charge in [-0.05, 0) is 35.2 Å². The van der Waals surface area contributed by atoms with Crippen LogP contribution in [0.15, 0.2) is 89.8 Å². The SMILES string of the molecule is CC(CC(=O)NNC(=O)c1cccc(S(=O)(=O)NCc2ccccc2)c1)c1ccccc1. The number of nitrogens with one attached hydrogen (secondary N) is 3. The molecule has 2 amide bonds. The van der Waals surface area contributed by atoms with Gasteiger partial charge < -0.3 is 0 Å². The standard InChI is InChI=1S/C24H25N3O4S/c1-18(20-11-6-3-7-12-20)15-23(28)26-27-24(29)21-13-8-14-22(16-21)32(30,31)25-17-19-9-4-2-5-10-19/h2-14,16,18,25H,15,17H2,1H3,(H,26,28)(H,27,29). The molecule has 3 aromatic carbocycles. The Labute approximate surface area is 187 Å². The lowest BCUT2D eigenvalue weighted by atomic mass is 9.98. The average molecular weight is 452 g/mol. The Hall–Kier alpha value is -3.49. The van der Waals surface area contributed by atoms with Gasteiger partial charge in [0.05, 0.1) is 4.90 Å². The first kappa shape index (κ1) is 23.2. The number of benzene rings is 3. The molecule has 0 aromatic heterocycles. The number of hydrogen-bond acceptors (Lipinski definition) is 4. The van der Waals surface area contributed by atoms with Crippen molar-refractivity contribution < 1.29 is 18.0 Å². The third-order valence-corrected chi connectivity index (χ3v) is 6.29. The van der Waals surface area contributed by atoms with Crippen molar-refractivity contribution in [1.82, 2.24) is 15.6 Å². The fraction of sp³-hybridized carbons (Fsp3) is 0.167. The predicted octanol–water partition coefficient (Wildman–Crippen LogP) is 3.12. The van der Waals surface area contributed by atoms with E-state index in [4.69, 9.17) is 0 Å². The highest BCUT2D eigenvalue weighted by atomic mass is 32.2. The van der Waals surface area contributed by atoms with Crippen LogP contribution in [-0.4, -0.2) is 20.2 Å². The Morgan fingerprint density at radius 3 is 2.19 bits per heavy atom. The van der Waals surface area contributed by atoms with E-state index in [9.17, 15) is 18.0 Å². The van der Waals surface area contributed by atoms with Crippen LogP contribution in [0, 0.1) is 0 Å². The van der Waals surface area contributed by atoms with Gasteiger partial charge in [-0.25, -0.2) is 13.1 Å². The van der Waals surface area contributed by atoms with Gasteiger partial charge in [-0.15, -0.1) is 0 Å². The fourth-order valence-electron chi connectivity index (χ4n) is 3.09. The highest BCUT2D eigenvalue weighted by Gasteiger charge is 2.17. The molecule has 0 aliphatic rings. The Bertz CT molecular complexity index is 1170. The van der Waals surface area contributed by atoms with Crippen LogP contribution in [0.4, 0.5) is 0 Å². The van der Waals surface area contributed by atoms with E-state index in [0.717, 1.165) is 11.1 Å². The summed E-state index contributed by atoms with van der Waals surface area (Å²) in [5.74, 6) is -0.967. The maximum Gasteiger partial charge on any atom is 0.269 e. The van der Waals surface area contributed by atoms with Crippen molar-refractivity contribution in [3.63, 3.8) is 0 Å². The number of amides is 2. The highest BCUT2D eigenvalue weighted by molar-refractivity contribution is 7.89. The van der Waals surface area contributed by atoms with Crippen LogP contribution in [0.25, 0.3) is 0 Å². The summed E-state index contributed by atoms with van der Waals surface area (Å²) in [6.45, 7) is 2.06. The first-order valence-electron chi connectivity index (χ1n) is 10.1. The number of rotatable bonds is 8. The third-order valence-electron chi connectivity index (χ3n) is 4.89. The number of hydrogen-bond donors (Lipinski definition) is 3. The van der Waals surface area contributed by atoms with Crippen molar-refractivity contribution in [3.8, 4) is 0 Å². The molecule has 8 heteroatoms. The van der Waals surface area contributed by atoms with Gasteiger partial charge in [0.15, 0.2) is 0 Å². The maximum absolute atomic E-state index is 12.6. The minimum absolute atomic E-state index is 0.0164. The third kappa shape index (κ3) is 6.50. The van der Waals surface area contributed by atoms with E-state index in [2.05, 4.69) is 15.6 Å². The van der Waals surface area contributed by atoms with Gasteiger partial charge in [0.2, 0.25) is 15.9 Å². The zero-order valence-corrected chi connectivity index (χ0v) is 18.4. The molecule has 3 rings (SSSR count). The van der Waals surface area contributed by atoms with Crippen LogP contribution < -0.4 is 15.6 Å². The summed E-state index contributed by atoms with van der Waals surface area (Å²) in [6.07, 6.45) is 0.197. The van der Waals surface area contributed by atoms with Crippen LogP contribution in [0.3, 0.4) is 0 Å². The van der Waals surface area contributed by atoms with Gasteiger partial charge >= 0.3 is 0 Å². The lowest BCUT2D eigenvalue weighted by Gasteiger charge is -2.13. The Morgan fingerprint density at radius 2 is 1.50 bits per heavy atom. The largest absolute Gasteiger partial charge is 0.273 e. The second kappa shape index (κ2) is 10.7. The predicted molar refractivity (Wildman–Crippen MR) is 122 cm³/mol. The molecule has 0 fully saturated rings. The first-order valence-corrected chi connectivity index (χ1v) is 11.6. The molecule has 3 aromatic rings. The number of hydrazine groups is 1. The molecule has 0 aliphatic carbocycles. The van der Waals surface area contributed by atoms with Gasteiger partial charge in [-0.1, -0.05) is 73.7 Å². The van der Waals surface area contributed by atoms with Gasteiger partial charge in [-0.3, -0.25) is 20.4 Å². The zero-order chi connectivity index (χ0) is 23.0. The van der Waals surface area contributed by atoms with Crippen molar-refractivity contribution in [2.45, 2.75) is 30.7 Å². The summed E-state index contributed by atoms with van der Waals surface area (Å²) in [7, 11) is -3.81. The minimum atomic E-state index is -3.81. The molecule has 7 nitrogen and oxygen atoms in total. The van der Waals surface area contributed by atoms with Crippen LogP contribution in [0.1, 0.15) is 40.7 Å². The van der Waals surface area contributed by atoms with Gasteiger partial charge in [0, 0.05) is 18.5 Å². The smallest absolute Gasteiger partial charge is 0.269 e. The van der Waals surface area contributed by atoms with Crippen molar-refractivity contribution in [3.05, 3.63) is 102 Å². The van der Waals surface area contributed by atoms with E-state index < -0.39 is 15.9 Å². The van der Waals surface area contributed by atoms with E-state index in [1.165, 1.54) is 24.3 Å². The van der Waals surface area contributed by atoms with E-state index >= 15 is 0 Å². The molecular formula is C24H25N3O4S. The second-order valence-electron chi connectivity index (χ2n) is 7.36. The maximum atomic E-state index is 12.6. The number of carbonyl (C=O) groups excluding carboxylic acids is 2. The van der Waals surface area contributed by atoms with Crippen LogP contribution in [0.5, 0.6) is 0 Å². The number of sulfonamides is 1. The van der Waals surface area contributed by atoms with E-state index in [1.54, 1.807) is 0 Å². The monoisotopic (exact) mass is 451 g/mol. The van der Waals surface area contributed by atoms with Crippen LogP contribution in [0.2, 0.25) is 0 Å². The zero-order valence-electron chi connectivity index (χ0n) is 17.6.